The van der Waals surface area contributed by atoms with Crippen LogP contribution in [-0.2, 0) is 29.1 Å². The second-order valence-electron chi connectivity index (χ2n) is 7.82. The largest absolute Gasteiger partial charge is 0.357 e. The van der Waals surface area contributed by atoms with E-state index in [2.05, 4.69) is 15.7 Å². The SMILES string of the molecule is CNC(=O)C1Cn2nc3c(c2C(=O)N(C)O1)CN(C(=O)Nc1cc(Cl)c(F)cc1F)C(C)C3. The van der Waals surface area contributed by atoms with Crippen molar-refractivity contribution >= 4 is 35.1 Å². The molecular formula is C20H21ClF2N6O4. The van der Waals surface area contributed by atoms with E-state index in [1.54, 1.807) is 6.92 Å². The summed E-state index contributed by atoms with van der Waals surface area (Å²) >= 11 is 5.71. The molecule has 3 heterocycles. The van der Waals surface area contributed by atoms with Gasteiger partial charge in [-0.2, -0.15) is 5.10 Å². The Morgan fingerprint density at radius 1 is 1.27 bits per heavy atom. The second-order valence-corrected chi connectivity index (χ2v) is 8.23. The molecule has 33 heavy (non-hydrogen) atoms. The maximum atomic E-state index is 14.1. The van der Waals surface area contributed by atoms with Crippen molar-refractivity contribution in [3.63, 3.8) is 0 Å². The molecule has 4 amide bonds. The number of hydrogen-bond donors (Lipinski definition) is 2. The number of hydrogen-bond acceptors (Lipinski definition) is 5. The quantitative estimate of drug-likeness (QED) is 0.636. The van der Waals surface area contributed by atoms with Crippen molar-refractivity contribution < 1.29 is 28.0 Å². The van der Waals surface area contributed by atoms with Gasteiger partial charge in [-0.05, 0) is 13.0 Å². The Labute approximate surface area is 192 Å². The van der Waals surface area contributed by atoms with E-state index in [4.69, 9.17) is 16.4 Å². The zero-order chi connectivity index (χ0) is 24.0. The fourth-order valence-corrected chi connectivity index (χ4v) is 4.08. The number of halogens is 3. The topological polar surface area (TPSA) is 109 Å². The van der Waals surface area contributed by atoms with Crippen LogP contribution in [0.3, 0.4) is 0 Å². The van der Waals surface area contributed by atoms with Crippen molar-refractivity contribution in [2.45, 2.75) is 38.6 Å². The molecule has 176 valence electrons. The molecule has 2 aliphatic heterocycles. The molecule has 2 aromatic rings. The number of likely N-dealkylation sites (N-methyl/N-ethyl adjacent to an activating group) is 1. The highest BCUT2D eigenvalue weighted by atomic mass is 35.5. The predicted molar refractivity (Wildman–Crippen MR) is 112 cm³/mol. The van der Waals surface area contributed by atoms with E-state index in [1.165, 1.54) is 23.7 Å². The highest BCUT2D eigenvalue weighted by Gasteiger charge is 2.39. The minimum atomic E-state index is -0.968. The van der Waals surface area contributed by atoms with Crippen LogP contribution in [-0.4, -0.2) is 63.8 Å². The lowest BCUT2D eigenvalue weighted by molar-refractivity contribution is -0.168. The number of urea groups is 1. The number of nitrogens with one attached hydrogen (secondary N) is 2. The number of amides is 4. The first-order valence-electron chi connectivity index (χ1n) is 10.1. The Hall–Kier alpha value is -3.25. The molecule has 0 bridgehead atoms. The van der Waals surface area contributed by atoms with E-state index in [-0.39, 0.29) is 35.5 Å². The van der Waals surface area contributed by atoms with Crippen LogP contribution < -0.4 is 10.6 Å². The van der Waals surface area contributed by atoms with Crippen molar-refractivity contribution in [3.8, 4) is 0 Å². The van der Waals surface area contributed by atoms with E-state index in [0.29, 0.717) is 23.7 Å². The summed E-state index contributed by atoms with van der Waals surface area (Å²) in [5, 5.41) is 10.0. The standard InChI is InChI=1S/C20H21ClF2N6O4/c1-9-4-14-10(7-28(9)20(32)25-15-5-11(21)12(22)6-13(15)23)17-19(31)27(3)33-16(18(30)24-2)8-29(17)26-14/h5-6,9,16H,4,7-8H2,1-3H3,(H,24,30)(H,25,32). The fourth-order valence-electron chi connectivity index (χ4n) is 3.91. The lowest BCUT2D eigenvalue weighted by Gasteiger charge is -2.33. The van der Waals surface area contributed by atoms with Gasteiger partial charge in [0.05, 0.1) is 29.5 Å². The maximum absolute atomic E-state index is 14.1. The first-order valence-corrected chi connectivity index (χ1v) is 10.5. The fraction of sp³-hybridized carbons (Fsp3) is 0.400. The third-order valence-corrected chi connectivity index (χ3v) is 5.94. The van der Waals surface area contributed by atoms with Crippen molar-refractivity contribution in [2.24, 2.45) is 0 Å². The van der Waals surface area contributed by atoms with Crippen LogP contribution in [0.4, 0.5) is 19.3 Å². The molecule has 1 aromatic carbocycles. The van der Waals surface area contributed by atoms with Crippen LogP contribution >= 0.6 is 11.6 Å². The Morgan fingerprint density at radius 2 is 2.00 bits per heavy atom. The van der Waals surface area contributed by atoms with Crippen LogP contribution in [0.25, 0.3) is 0 Å². The van der Waals surface area contributed by atoms with Gasteiger partial charge in [0.2, 0.25) is 0 Å². The summed E-state index contributed by atoms with van der Waals surface area (Å²) in [5.74, 6) is -2.83. The van der Waals surface area contributed by atoms with Crippen LogP contribution in [0.5, 0.6) is 0 Å². The number of nitrogens with zero attached hydrogens (tertiary/aromatic N) is 4. The molecule has 2 unspecified atom stereocenters. The average Bonchev–Trinajstić information content (AvgIpc) is 3.05. The van der Waals surface area contributed by atoms with Crippen LogP contribution in [0.15, 0.2) is 12.1 Å². The van der Waals surface area contributed by atoms with Crippen molar-refractivity contribution in [2.75, 3.05) is 19.4 Å². The number of anilines is 1. The van der Waals surface area contributed by atoms with Gasteiger partial charge in [0.25, 0.3) is 11.8 Å². The van der Waals surface area contributed by atoms with E-state index < -0.39 is 35.6 Å². The van der Waals surface area contributed by atoms with E-state index >= 15 is 0 Å². The summed E-state index contributed by atoms with van der Waals surface area (Å²) in [6, 6.07) is 0.591. The Bertz CT molecular complexity index is 1160. The van der Waals surface area contributed by atoms with Gasteiger partial charge >= 0.3 is 6.03 Å². The smallest absolute Gasteiger partial charge is 0.322 e. The minimum absolute atomic E-state index is 0.0119. The molecule has 0 aliphatic carbocycles. The van der Waals surface area contributed by atoms with Gasteiger partial charge in [-0.3, -0.25) is 19.1 Å². The first-order chi connectivity index (χ1) is 15.6. The zero-order valence-corrected chi connectivity index (χ0v) is 18.7. The molecule has 0 saturated carbocycles. The molecule has 4 rings (SSSR count). The molecule has 0 fully saturated rings. The van der Waals surface area contributed by atoms with Gasteiger partial charge in [-0.25, -0.2) is 18.6 Å². The molecule has 13 heteroatoms. The molecule has 0 spiro atoms. The summed E-state index contributed by atoms with van der Waals surface area (Å²) < 4.78 is 28.9. The first kappa shape index (κ1) is 22.9. The van der Waals surface area contributed by atoms with E-state index in [1.807, 2.05) is 0 Å². The third-order valence-electron chi connectivity index (χ3n) is 5.65. The molecule has 10 nitrogen and oxygen atoms in total. The number of rotatable bonds is 2. The molecule has 2 N–H and O–H groups in total. The molecule has 2 atom stereocenters. The highest BCUT2D eigenvalue weighted by molar-refractivity contribution is 6.31. The van der Waals surface area contributed by atoms with Gasteiger partial charge in [0.15, 0.2) is 6.10 Å². The summed E-state index contributed by atoms with van der Waals surface area (Å²) in [6.07, 6.45) is -0.632. The lowest BCUT2D eigenvalue weighted by Crippen LogP contribution is -2.45. The Morgan fingerprint density at radius 3 is 2.70 bits per heavy atom. The zero-order valence-electron chi connectivity index (χ0n) is 18.0. The minimum Gasteiger partial charge on any atom is -0.357 e. The second kappa shape index (κ2) is 8.60. The van der Waals surface area contributed by atoms with Crippen LogP contribution in [0.1, 0.15) is 28.7 Å². The summed E-state index contributed by atoms with van der Waals surface area (Å²) in [7, 11) is 2.85. The number of benzene rings is 1. The monoisotopic (exact) mass is 482 g/mol. The third kappa shape index (κ3) is 4.11. The maximum Gasteiger partial charge on any atom is 0.322 e. The average molecular weight is 483 g/mol. The molecule has 0 radical (unpaired) electrons. The molecular weight excluding hydrogens is 462 g/mol. The Balaban J connectivity index is 1.63. The Kier molecular flexibility index (Phi) is 5.97. The number of fused-ring (bicyclic) bond motifs is 3. The van der Waals surface area contributed by atoms with Gasteiger partial charge in [0.1, 0.15) is 17.3 Å². The van der Waals surface area contributed by atoms with Crippen molar-refractivity contribution in [1.82, 2.24) is 25.1 Å². The van der Waals surface area contributed by atoms with Gasteiger partial charge in [-0.15, -0.1) is 0 Å². The number of carbonyl (C=O) groups excluding carboxylic acids is 3. The number of hydroxylamine groups is 2. The molecule has 0 saturated heterocycles. The van der Waals surface area contributed by atoms with Crippen molar-refractivity contribution in [1.29, 1.82) is 0 Å². The number of aromatic nitrogens is 2. The van der Waals surface area contributed by atoms with Gasteiger partial charge in [0, 0.05) is 38.2 Å². The summed E-state index contributed by atoms with van der Waals surface area (Å²) in [6.45, 7) is 1.81. The van der Waals surface area contributed by atoms with Gasteiger partial charge < -0.3 is 15.5 Å². The number of carbonyl (C=O) groups is 3. The summed E-state index contributed by atoms with van der Waals surface area (Å²) in [5.41, 5.74) is 1.08. The van der Waals surface area contributed by atoms with Crippen LogP contribution in [0.2, 0.25) is 5.02 Å². The van der Waals surface area contributed by atoms with E-state index in [9.17, 15) is 23.2 Å². The van der Waals surface area contributed by atoms with Gasteiger partial charge in [-0.1, -0.05) is 11.6 Å². The molecule has 2 aliphatic rings. The highest BCUT2D eigenvalue weighted by Crippen LogP contribution is 2.30. The van der Waals surface area contributed by atoms with E-state index in [0.717, 1.165) is 11.1 Å². The normalized spacial score (nSPS) is 20.1. The van der Waals surface area contributed by atoms with Crippen molar-refractivity contribution in [3.05, 3.63) is 45.7 Å². The lowest BCUT2D eigenvalue weighted by atomic mass is 9.99. The predicted octanol–water partition coefficient (Wildman–Crippen LogP) is 1.93. The molecule has 1 aromatic heterocycles. The van der Waals surface area contributed by atoms with Crippen LogP contribution in [0, 0.1) is 11.6 Å². The summed E-state index contributed by atoms with van der Waals surface area (Å²) in [4.78, 5) is 44.9.